The molecule has 0 radical (unpaired) electrons. The number of halogens is 3. The van der Waals surface area contributed by atoms with Gasteiger partial charge in [0.25, 0.3) is 3.79 Å². The Morgan fingerprint density at radius 1 is 1.40 bits per heavy atom. The molecule has 0 saturated heterocycles. The first-order valence-electron chi connectivity index (χ1n) is 3.96. The summed E-state index contributed by atoms with van der Waals surface area (Å²) < 4.78 is 3.19. The summed E-state index contributed by atoms with van der Waals surface area (Å²) in [5.74, 6) is -0.392. The zero-order valence-electron chi connectivity index (χ0n) is 7.51. The van der Waals surface area contributed by atoms with Crippen LogP contribution >= 0.6 is 47.4 Å². The first-order chi connectivity index (χ1) is 6.89. The first-order valence-corrected chi connectivity index (χ1v) is 5.54. The second-order valence-electron chi connectivity index (χ2n) is 2.79. The summed E-state index contributed by atoms with van der Waals surface area (Å²) in [4.78, 5) is 0.816. The minimum Gasteiger partial charge on any atom is -0.473 e. The van der Waals surface area contributed by atoms with E-state index < -0.39 is 9.69 Å². The number of hydrogen-bond donors (Lipinski definition) is 2. The van der Waals surface area contributed by atoms with Gasteiger partial charge in [-0.05, 0) is 17.7 Å². The molecule has 82 valence electrons. The molecule has 2 nitrogen and oxygen atoms in total. The molecule has 0 atom stereocenters. The summed E-state index contributed by atoms with van der Waals surface area (Å²) in [5.41, 5.74) is 0.863. The zero-order valence-corrected chi connectivity index (χ0v) is 10.7. The molecule has 6 heteroatoms. The molecular weight excluding hydrogens is 277 g/mol. The normalized spacial score (nSPS) is 11.2. The molecule has 0 aliphatic carbocycles. The van der Waals surface area contributed by atoms with Crippen molar-refractivity contribution in [3.8, 4) is 0 Å². The molecular formula is C9H8Cl3NOS. The summed E-state index contributed by atoms with van der Waals surface area (Å²) in [5, 5.41) is 7.31. The van der Waals surface area contributed by atoms with E-state index in [4.69, 9.17) is 44.9 Å². The Hall–Kier alpha value is -0.0900. The number of benzene rings is 1. The van der Waals surface area contributed by atoms with E-state index >= 15 is 0 Å². The van der Waals surface area contributed by atoms with Crippen LogP contribution in [-0.2, 0) is 11.3 Å². The molecule has 0 unspecified atom stereocenters. The Morgan fingerprint density at radius 2 is 2.07 bits per heavy atom. The van der Waals surface area contributed by atoms with Gasteiger partial charge in [-0.25, -0.2) is 0 Å². The topological polar surface area (TPSA) is 33.1 Å². The van der Waals surface area contributed by atoms with E-state index in [-0.39, 0.29) is 6.61 Å². The quantitative estimate of drug-likeness (QED) is 0.368. The lowest BCUT2D eigenvalue weighted by atomic mass is 10.2. The number of thiol groups is 1. The summed E-state index contributed by atoms with van der Waals surface area (Å²) in [6, 6.07) is 7.33. The summed E-state index contributed by atoms with van der Waals surface area (Å²) >= 11 is 20.5. The predicted octanol–water partition coefficient (Wildman–Crippen LogP) is 3.84. The molecule has 0 bridgehead atoms. The van der Waals surface area contributed by atoms with E-state index in [1.807, 2.05) is 24.3 Å². The molecule has 0 aromatic heterocycles. The van der Waals surface area contributed by atoms with Gasteiger partial charge in [-0.1, -0.05) is 46.9 Å². The molecule has 0 aliphatic heterocycles. The highest BCUT2D eigenvalue weighted by atomic mass is 35.6. The molecule has 0 amide bonds. The summed E-state index contributed by atoms with van der Waals surface area (Å²) in [6.45, 7) is 0.182. The van der Waals surface area contributed by atoms with Crippen LogP contribution in [-0.4, -0.2) is 9.69 Å². The summed E-state index contributed by atoms with van der Waals surface area (Å²) in [7, 11) is 0. The molecule has 0 fully saturated rings. The molecule has 0 aliphatic rings. The van der Waals surface area contributed by atoms with Crippen molar-refractivity contribution < 1.29 is 4.74 Å². The SMILES string of the molecule is N=C(OCc1cccc(S)c1)C(Cl)(Cl)Cl. The van der Waals surface area contributed by atoms with Gasteiger partial charge in [0.1, 0.15) is 6.61 Å². The fourth-order valence-corrected chi connectivity index (χ4v) is 1.30. The largest absolute Gasteiger partial charge is 0.473 e. The van der Waals surface area contributed by atoms with E-state index in [9.17, 15) is 0 Å². The molecule has 1 rings (SSSR count). The first kappa shape index (κ1) is 13.0. The monoisotopic (exact) mass is 283 g/mol. The maximum Gasteiger partial charge on any atom is 0.265 e. The van der Waals surface area contributed by atoms with Gasteiger partial charge in [0.2, 0.25) is 5.90 Å². The second-order valence-corrected chi connectivity index (χ2v) is 5.58. The lowest BCUT2D eigenvalue weighted by Gasteiger charge is -2.13. The number of nitrogens with one attached hydrogen (secondary N) is 1. The van der Waals surface area contributed by atoms with Crippen molar-refractivity contribution in [3.05, 3.63) is 29.8 Å². The van der Waals surface area contributed by atoms with Gasteiger partial charge in [0.15, 0.2) is 0 Å². The van der Waals surface area contributed by atoms with Gasteiger partial charge in [-0.3, -0.25) is 5.41 Å². The molecule has 0 saturated carbocycles. The average Bonchev–Trinajstić information content (AvgIpc) is 2.12. The minimum absolute atomic E-state index is 0.182. The van der Waals surface area contributed by atoms with Crippen LogP contribution in [0, 0.1) is 5.41 Å². The predicted molar refractivity (Wildman–Crippen MR) is 66.5 cm³/mol. The number of alkyl halides is 3. The van der Waals surface area contributed by atoms with Gasteiger partial charge in [-0.2, -0.15) is 0 Å². The molecule has 0 spiro atoms. The zero-order chi connectivity index (χ0) is 11.5. The lowest BCUT2D eigenvalue weighted by molar-refractivity contribution is 0.283. The molecule has 0 heterocycles. The van der Waals surface area contributed by atoms with Crippen LogP contribution in [0.3, 0.4) is 0 Å². The third kappa shape index (κ3) is 4.51. The Bertz CT molecular complexity index is 365. The fourth-order valence-electron chi connectivity index (χ4n) is 0.884. The van der Waals surface area contributed by atoms with Crippen molar-refractivity contribution in [1.82, 2.24) is 0 Å². The van der Waals surface area contributed by atoms with Gasteiger partial charge in [0.05, 0.1) is 0 Å². The standard InChI is InChI=1S/C9H8Cl3NOS/c10-9(11,12)8(13)14-5-6-2-1-3-7(15)4-6/h1-4,13,15H,5H2. The van der Waals surface area contributed by atoms with Crippen LogP contribution in [0.25, 0.3) is 0 Å². The Morgan fingerprint density at radius 3 is 2.60 bits per heavy atom. The van der Waals surface area contributed by atoms with Crippen molar-refractivity contribution in [2.24, 2.45) is 0 Å². The van der Waals surface area contributed by atoms with Crippen LogP contribution in [0.1, 0.15) is 5.56 Å². The lowest BCUT2D eigenvalue weighted by Crippen LogP contribution is -2.20. The maximum absolute atomic E-state index is 7.31. The van der Waals surface area contributed by atoms with Crippen LogP contribution in [0.2, 0.25) is 0 Å². The fraction of sp³-hybridized carbons (Fsp3) is 0.222. The number of ether oxygens (including phenoxy) is 1. The Labute approximate surface area is 108 Å². The van der Waals surface area contributed by atoms with Crippen LogP contribution < -0.4 is 0 Å². The van der Waals surface area contributed by atoms with E-state index in [1.165, 1.54) is 0 Å². The van der Waals surface area contributed by atoms with Crippen LogP contribution in [0.4, 0.5) is 0 Å². The van der Waals surface area contributed by atoms with Gasteiger partial charge >= 0.3 is 0 Å². The van der Waals surface area contributed by atoms with E-state index in [1.54, 1.807) is 0 Å². The van der Waals surface area contributed by atoms with Crippen molar-refractivity contribution in [2.75, 3.05) is 0 Å². The highest BCUT2D eigenvalue weighted by Gasteiger charge is 2.28. The molecule has 1 aromatic carbocycles. The highest BCUT2D eigenvalue weighted by molar-refractivity contribution is 7.80. The van der Waals surface area contributed by atoms with E-state index in [2.05, 4.69) is 12.6 Å². The van der Waals surface area contributed by atoms with Crippen molar-refractivity contribution in [1.29, 1.82) is 5.41 Å². The Kier molecular flexibility index (Phi) is 4.59. The van der Waals surface area contributed by atoms with Crippen molar-refractivity contribution in [2.45, 2.75) is 15.3 Å². The van der Waals surface area contributed by atoms with Gasteiger partial charge in [0, 0.05) is 4.90 Å². The number of rotatable bonds is 2. The Balaban J connectivity index is 2.55. The van der Waals surface area contributed by atoms with Crippen LogP contribution in [0.5, 0.6) is 0 Å². The molecule has 1 N–H and O–H groups in total. The van der Waals surface area contributed by atoms with Gasteiger partial charge < -0.3 is 4.74 Å². The highest BCUT2D eigenvalue weighted by Crippen LogP contribution is 2.28. The third-order valence-electron chi connectivity index (χ3n) is 1.55. The van der Waals surface area contributed by atoms with Crippen molar-refractivity contribution in [3.63, 3.8) is 0 Å². The van der Waals surface area contributed by atoms with Gasteiger partial charge in [-0.15, -0.1) is 12.6 Å². The number of hydrogen-bond acceptors (Lipinski definition) is 3. The molecule has 15 heavy (non-hydrogen) atoms. The minimum atomic E-state index is -1.81. The summed E-state index contributed by atoms with van der Waals surface area (Å²) in [6.07, 6.45) is 0. The van der Waals surface area contributed by atoms with Crippen molar-refractivity contribution >= 4 is 53.3 Å². The van der Waals surface area contributed by atoms with E-state index in [0.29, 0.717) is 0 Å². The maximum atomic E-state index is 7.31. The van der Waals surface area contributed by atoms with E-state index in [0.717, 1.165) is 10.5 Å². The average molecular weight is 285 g/mol. The third-order valence-corrected chi connectivity index (χ3v) is 2.34. The smallest absolute Gasteiger partial charge is 0.265 e. The second kappa shape index (κ2) is 5.30. The molecule has 1 aromatic rings. The van der Waals surface area contributed by atoms with Crippen LogP contribution in [0.15, 0.2) is 29.2 Å².